The van der Waals surface area contributed by atoms with Gasteiger partial charge in [0.25, 0.3) is 11.5 Å². The SMILES string of the molecule is O=C(NCCc1ccccc1)c1cc2ccccc2[nH]c1=O. The van der Waals surface area contributed by atoms with Gasteiger partial charge in [-0.1, -0.05) is 48.5 Å². The van der Waals surface area contributed by atoms with Gasteiger partial charge < -0.3 is 10.3 Å². The topological polar surface area (TPSA) is 62.0 Å². The number of amides is 1. The van der Waals surface area contributed by atoms with Crippen molar-refractivity contribution >= 4 is 16.8 Å². The molecule has 2 N–H and O–H groups in total. The number of aromatic amines is 1. The molecule has 1 heterocycles. The Morgan fingerprint density at radius 2 is 1.73 bits per heavy atom. The van der Waals surface area contributed by atoms with Gasteiger partial charge in [-0.2, -0.15) is 0 Å². The van der Waals surface area contributed by atoms with E-state index in [4.69, 9.17) is 0 Å². The largest absolute Gasteiger partial charge is 0.352 e. The molecule has 0 fully saturated rings. The second-order valence-corrected chi connectivity index (χ2v) is 5.09. The first-order valence-electron chi connectivity index (χ1n) is 7.18. The van der Waals surface area contributed by atoms with Crippen LogP contribution in [0.15, 0.2) is 65.5 Å². The molecule has 4 nitrogen and oxygen atoms in total. The van der Waals surface area contributed by atoms with Crippen molar-refractivity contribution in [1.29, 1.82) is 0 Å². The summed E-state index contributed by atoms with van der Waals surface area (Å²) in [5, 5.41) is 3.64. The summed E-state index contributed by atoms with van der Waals surface area (Å²) in [5.74, 6) is -0.345. The van der Waals surface area contributed by atoms with E-state index in [-0.39, 0.29) is 17.0 Å². The molecule has 110 valence electrons. The van der Waals surface area contributed by atoms with E-state index in [2.05, 4.69) is 10.3 Å². The van der Waals surface area contributed by atoms with Crippen molar-refractivity contribution in [3.63, 3.8) is 0 Å². The van der Waals surface area contributed by atoms with Crippen molar-refractivity contribution in [1.82, 2.24) is 10.3 Å². The summed E-state index contributed by atoms with van der Waals surface area (Å²) in [4.78, 5) is 26.9. The second-order valence-electron chi connectivity index (χ2n) is 5.09. The Kier molecular flexibility index (Phi) is 4.01. The highest BCUT2D eigenvalue weighted by atomic mass is 16.2. The third-order valence-corrected chi connectivity index (χ3v) is 3.54. The standard InChI is InChI=1S/C18H16N2O2/c21-17(19-11-10-13-6-2-1-3-7-13)15-12-14-8-4-5-9-16(14)20-18(15)22/h1-9,12H,10-11H2,(H,19,21)(H,20,22). The maximum atomic E-state index is 12.2. The molecule has 0 saturated heterocycles. The quantitative estimate of drug-likeness (QED) is 0.776. The molecule has 0 aliphatic carbocycles. The average molecular weight is 292 g/mol. The van der Waals surface area contributed by atoms with E-state index in [0.717, 1.165) is 22.9 Å². The molecule has 0 radical (unpaired) electrons. The minimum atomic E-state index is -0.365. The highest BCUT2D eigenvalue weighted by Crippen LogP contribution is 2.10. The first kappa shape index (κ1) is 14.1. The molecule has 0 saturated carbocycles. The fourth-order valence-corrected chi connectivity index (χ4v) is 2.38. The van der Waals surface area contributed by atoms with Gasteiger partial charge in [0.2, 0.25) is 0 Å². The number of para-hydroxylation sites is 1. The molecule has 0 spiro atoms. The number of nitrogens with one attached hydrogen (secondary N) is 2. The number of rotatable bonds is 4. The lowest BCUT2D eigenvalue weighted by Gasteiger charge is -2.06. The number of fused-ring (bicyclic) bond motifs is 1. The minimum absolute atomic E-state index is 0.145. The number of carbonyl (C=O) groups is 1. The van der Waals surface area contributed by atoms with Gasteiger partial charge in [-0.05, 0) is 29.5 Å². The summed E-state index contributed by atoms with van der Waals surface area (Å²) < 4.78 is 0. The van der Waals surface area contributed by atoms with Gasteiger partial charge in [0.15, 0.2) is 0 Å². The van der Waals surface area contributed by atoms with Gasteiger partial charge >= 0.3 is 0 Å². The summed E-state index contributed by atoms with van der Waals surface area (Å²) in [6.07, 6.45) is 0.734. The fourth-order valence-electron chi connectivity index (χ4n) is 2.38. The van der Waals surface area contributed by atoms with Crippen LogP contribution in [0.1, 0.15) is 15.9 Å². The van der Waals surface area contributed by atoms with Crippen LogP contribution in [0.4, 0.5) is 0 Å². The zero-order valence-electron chi connectivity index (χ0n) is 12.0. The van der Waals surface area contributed by atoms with Crippen LogP contribution >= 0.6 is 0 Å². The number of pyridine rings is 1. The normalized spacial score (nSPS) is 10.5. The molecule has 0 aliphatic rings. The predicted molar refractivity (Wildman–Crippen MR) is 87.0 cm³/mol. The zero-order chi connectivity index (χ0) is 15.4. The van der Waals surface area contributed by atoms with Crippen LogP contribution in [0.5, 0.6) is 0 Å². The van der Waals surface area contributed by atoms with E-state index in [1.165, 1.54) is 0 Å². The molecule has 3 rings (SSSR count). The van der Waals surface area contributed by atoms with E-state index in [1.807, 2.05) is 54.6 Å². The van der Waals surface area contributed by atoms with Gasteiger partial charge in [0.05, 0.1) is 0 Å². The summed E-state index contributed by atoms with van der Waals surface area (Å²) in [7, 11) is 0. The molecular weight excluding hydrogens is 276 g/mol. The minimum Gasteiger partial charge on any atom is -0.352 e. The van der Waals surface area contributed by atoms with Crippen LogP contribution in [0.2, 0.25) is 0 Å². The van der Waals surface area contributed by atoms with Gasteiger partial charge in [0, 0.05) is 12.1 Å². The molecule has 1 amide bonds. The summed E-state index contributed by atoms with van der Waals surface area (Å²) >= 11 is 0. The molecule has 0 atom stereocenters. The first-order chi connectivity index (χ1) is 10.7. The van der Waals surface area contributed by atoms with Crippen LogP contribution in [0.3, 0.4) is 0 Å². The first-order valence-corrected chi connectivity index (χ1v) is 7.18. The molecule has 4 heteroatoms. The van der Waals surface area contributed by atoms with E-state index in [9.17, 15) is 9.59 Å². The van der Waals surface area contributed by atoms with Crippen LogP contribution in [-0.2, 0) is 6.42 Å². The lowest BCUT2D eigenvalue weighted by atomic mass is 10.1. The Morgan fingerprint density at radius 3 is 2.55 bits per heavy atom. The van der Waals surface area contributed by atoms with Gasteiger partial charge in [0.1, 0.15) is 5.56 Å². The van der Waals surface area contributed by atoms with Gasteiger partial charge in [-0.3, -0.25) is 9.59 Å². The van der Waals surface area contributed by atoms with E-state index < -0.39 is 0 Å². The van der Waals surface area contributed by atoms with E-state index in [0.29, 0.717) is 6.54 Å². The van der Waals surface area contributed by atoms with E-state index in [1.54, 1.807) is 6.07 Å². The maximum absolute atomic E-state index is 12.2. The number of aromatic nitrogens is 1. The van der Waals surface area contributed by atoms with Crippen molar-refractivity contribution in [2.45, 2.75) is 6.42 Å². The number of benzene rings is 2. The highest BCUT2D eigenvalue weighted by Gasteiger charge is 2.11. The molecule has 1 aromatic heterocycles. The zero-order valence-corrected chi connectivity index (χ0v) is 12.0. The number of carbonyl (C=O) groups excluding carboxylic acids is 1. The predicted octanol–water partition coefficient (Wildman–Crippen LogP) is 2.50. The van der Waals surface area contributed by atoms with Crippen LogP contribution in [0, 0.1) is 0 Å². The second kappa shape index (κ2) is 6.26. The molecule has 0 unspecified atom stereocenters. The lowest BCUT2D eigenvalue weighted by molar-refractivity contribution is 0.0953. The Morgan fingerprint density at radius 1 is 1.00 bits per heavy atom. The molecule has 0 aliphatic heterocycles. The smallest absolute Gasteiger partial charge is 0.261 e. The Labute approximate surface area is 127 Å². The van der Waals surface area contributed by atoms with Crippen molar-refractivity contribution in [3.8, 4) is 0 Å². The number of H-pyrrole nitrogens is 1. The Balaban J connectivity index is 1.72. The van der Waals surface area contributed by atoms with Gasteiger partial charge in [-0.25, -0.2) is 0 Å². The molecule has 2 aromatic carbocycles. The van der Waals surface area contributed by atoms with Crippen molar-refractivity contribution in [3.05, 3.63) is 82.1 Å². The van der Waals surface area contributed by atoms with Crippen LogP contribution < -0.4 is 10.9 Å². The van der Waals surface area contributed by atoms with Crippen molar-refractivity contribution < 1.29 is 4.79 Å². The van der Waals surface area contributed by atoms with Crippen LogP contribution in [-0.4, -0.2) is 17.4 Å². The summed E-state index contributed by atoms with van der Waals surface area (Å²) in [6.45, 7) is 0.495. The number of hydrogen-bond acceptors (Lipinski definition) is 2. The van der Waals surface area contributed by atoms with Crippen LogP contribution in [0.25, 0.3) is 10.9 Å². The summed E-state index contributed by atoms with van der Waals surface area (Å²) in [5.41, 5.74) is 1.66. The average Bonchev–Trinajstić information content (AvgIpc) is 2.55. The Hall–Kier alpha value is -2.88. The van der Waals surface area contributed by atoms with Crippen molar-refractivity contribution in [2.75, 3.05) is 6.54 Å². The Bertz CT molecular complexity index is 854. The molecule has 3 aromatic rings. The molecule has 0 bridgehead atoms. The van der Waals surface area contributed by atoms with Crippen molar-refractivity contribution in [2.24, 2.45) is 0 Å². The van der Waals surface area contributed by atoms with Gasteiger partial charge in [-0.15, -0.1) is 0 Å². The molecule has 22 heavy (non-hydrogen) atoms. The summed E-state index contributed by atoms with van der Waals surface area (Å²) in [6, 6.07) is 18.9. The highest BCUT2D eigenvalue weighted by molar-refractivity contribution is 5.97. The lowest BCUT2D eigenvalue weighted by Crippen LogP contribution is -2.31. The number of hydrogen-bond donors (Lipinski definition) is 2. The van der Waals surface area contributed by atoms with E-state index >= 15 is 0 Å². The third kappa shape index (κ3) is 3.06. The fraction of sp³-hybridized carbons (Fsp3) is 0.111. The maximum Gasteiger partial charge on any atom is 0.261 e. The monoisotopic (exact) mass is 292 g/mol. The third-order valence-electron chi connectivity index (χ3n) is 3.54. The molecular formula is C18H16N2O2.